The maximum Gasteiger partial charge on any atom is 0.269 e. The van der Waals surface area contributed by atoms with Crippen LogP contribution in [0.3, 0.4) is 0 Å². The zero-order chi connectivity index (χ0) is 14.1. The van der Waals surface area contributed by atoms with Crippen LogP contribution in [0.4, 0.5) is 5.69 Å². The van der Waals surface area contributed by atoms with Crippen molar-refractivity contribution in [2.75, 3.05) is 32.1 Å². The van der Waals surface area contributed by atoms with E-state index in [4.69, 9.17) is 4.74 Å². The molecule has 0 aliphatic heterocycles. The first-order chi connectivity index (χ1) is 9.17. The number of hydrogen-bond donors (Lipinski definition) is 3. The maximum atomic E-state index is 11.6. The summed E-state index contributed by atoms with van der Waals surface area (Å²) >= 11 is 0. The van der Waals surface area contributed by atoms with Crippen molar-refractivity contribution >= 4 is 11.6 Å². The summed E-state index contributed by atoms with van der Waals surface area (Å²) in [5.74, 6) is -0.189. The Bertz CT molecular complexity index is 398. The number of carbonyl (C=O) groups is 1. The number of carbonyl (C=O) groups excluding carboxylic acids is 1. The minimum absolute atomic E-state index is 0.189. The predicted molar refractivity (Wildman–Crippen MR) is 73.2 cm³/mol. The van der Waals surface area contributed by atoms with Crippen molar-refractivity contribution < 1.29 is 14.6 Å². The number of anilines is 1. The Kier molecular flexibility index (Phi) is 6.84. The van der Waals surface area contributed by atoms with Crippen LogP contribution in [0, 0.1) is 0 Å². The fraction of sp³-hybridized carbons (Fsp3) is 0.538. The Morgan fingerprint density at radius 3 is 3.05 bits per heavy atom. The summed E-state index contributed by atoms with van der Waals surface area (Å²) in [6, 6.07) is 3.47. The number of methoxy groups -OCH3 is 1. The molecule has 0 saturated carbocycles. The molecule has 6 heteroatoms. The first-order valence-electron chi connectivity index (χ1n) is 6.32. The van der Waals surface area contributed by atoms with E-state index in [0.717, 1.165) is 5.69 Å². The highest BCUT2D eigenvalue weighted by Crippen LogP contribution is 2.08. The van der Waals surface area contributed by atoms with Crippen LogP contribution in [0.5, 0.6) is 0 Å². The van der Waals surface area contributed by atoms with E-state index in [9.17, 15) is 9.90 Å². The second kappa shape index (κ2) is 8.44. The molecule has 3 N–H and O–H groups in total. The van der Waals surface area contributed by atoms with Gasteiger partial charge in [0, 0.05) is 32.1 Å². The van der Waals surface area contributed by atoms with Crippen molar-refractivity contribution in [1.82, 2.24) is 10.3 Å². The molecule has 0 aliphatic carbocycles. The number of aromatic nitrogens is 1. The van der Waals surface area contributed by atoms with Crippen molar-refractivity contribution in [1.29, 1.82) is 0 Å². The molecule has 1 unspecified atom stereocenters. The lowest BCUT2D eigenvalue weighted by atomic mass is 10.2. The third-order valence-electron chi connectivity index (χ3n) is 2.50. The molecule has 0 saturated heterocycles. The van der Waals surface area contributed by atoms with E-state index in [0.29, 0.717) is 31.8 Å². The van der Waals surface area contributed by atoms with Crippen molar-refractivity contribution in [3.8, 4) is 0 Å². The summed E-state index contributed by atoms with van der Waals surface area (Å²) in [6.45, 7) is 3.35. The van der Waals surface area contributed by atoms with Crippen molar-refractivity contribution in [3.63, 3.8) is 0 Å². The summed E-state index contributed by atoms with van der Waals surface area (Å²) in [6.07, 6.45) is 1.67. The summed E-state index contributed by atoms with van der Waals surface area (Å²) in [7, 11) is 1.55. The highest BCUT2D eigenvalue weighted by molar-refractivity contribution is 5.93. The number of nitrogens with zero attached hydrogens (tertiary/aromatic N) is 1. The van der Waals surface area contributed by atoms with Crippen LogP contribution in [0.2, 0.25) is 0 Å². The van der Waals surface area contributed by atoms with Crippen LogP contribution >= 0.6 is 0 Å². The number of aliphatic hydroxyl groups is 1. The van der Waals surface area contributed by atoms with Gasteiger partial charge in [-0.15, -0.1) is 0 Å². The summed E-state index contributed by atoms with van der Waals surface area (Å²) in [4.78, 5) is 15.6. The van der Waals surface area contributed by atoms with E-state index in [1.807, 2.05) is 6.92 Å². The first-order valence-corrected chi connectivity index (χ1v) is 6.32. The lowest BCUT2D eigenvalue weighted by Crippen LogP contribution is -2.24. The Labute approximate surface area is 113 Å². The van der Waals surface area contributed by atoms with Gasteiger partial charge < -0.3 is 20.5 Å². The van der Waals surface area contributed by atoms with Gasteiger partial charge >= 0.3 is 0 Å². The van der Waals surface area contributed by atoms with Crippen molar-refractivity contribution in [2.45, 2.75) is 19.4 Å². The van der Waals surface area contributed by atoms with Gasteiger partial charge in [-0.2, -0.15) is 0 Å². The van der Waals surface area contributed by atoms with Crippen molar-refractivity contribution in [3.05, 3.63) is 24.0 Å². The lowest BCUT2D eigenvalue weighted by Gasteiger charge is -2.11. The Balaban J connectivity index is 2.46. The van der Waals surface area contributed by atoms with Gasteiger partial charge in [-0.1, -0.05) is 0 Å². The van der Waals surface area contributed by atoms with Gasteiger partial charge in [0.25, 0.3) is 5.91 Å². The number of pyridine rings is 1. The van der Waals surface area contributed by atoms with E-state index in [-0.39, 0.29) is 5.91 Å². The molecule has 0 spiro atoms. The predicted octanol–water partition coefficient (Wildman–Crippen LogP) is 0.641. The highest BCUT2D eigenvalue weighted by atomic mass is 16.5. The second-order valence-electron chi connectivity index (χ2n) is 4.11. The molecule has 0 bridgehead atoms. The fourth-order valence-corrected chi connectivity index (χ4v) is 1.57. The highest BCUT2D eigenvalue weighted by Gasteiger charge is 2.07. The number of rotatable bonds is 8. The standard InChI is InChI=1S/C13H21N3O3/c1-3-14-13(18)12-8-10(4-6-16-12)15-7-5-11(17)9-19-2/h4,6,8,11,17H,3,5,7,9H2,1-2H3,(H,14,18)(H,15,16). The van der Waals surface area contributed by atoms with Crippen molar-refractivity contribution in [2.24, 2.45) is 0 Å². The molecular weight excluding hydrogens is 246 g/mol. The lowest BCUT2D eigenvalue weighted by molar-refractivity contribution is 0.0615. The van der Waals surface area contributed by atoms with Crippen LogP contribution in [-0.4, -0.2) is 48.9 Å². The Morgan fingerprint density at radius 2 is 2.37 bits per heavy atom. The molecule has 1 atom stereocenters. The Morgan fingerprint density at radius 1 is 1.58 bits per heavy atom. The zero-order valence-electron chi connectivity index (χ0n) is 11.3. The van der Waals surface area contributed by atoms with E-state index in [2.05, 4.69) is 15.6 Å². The topological polar surface area (TPSA) is 83.5 Å². The molecule has 19 heavy (non-hydrogen) atoms. The summed E-state index contributed by atoms with van der Waals surface area (Å²) in [5, 5.41) is 15.3. The number of nitrogens with one attached hydrogen (secondary N) is 2. The average molecular weight is 267 g/mol. The monoisotopic (exact) mass is 267 g/mol. The Hall–Kier alpha value is -1.66. The second-order valence-corrected chi connectivity index (χ2v) is 4.11. The minimum Gasteiger partial charge on any atom is -0.391 e. The van der Waals surface area contributed by atoms with Crippen LogP contribution in [0.15, 0.2) is 18.3 Å². The number of hydrogen-bond acceptors (Lipinski definition) is 5. The first kappa shape index (κ1) is 15.4. The zero-order valence-corrected chi connectivity index (χ0v) is 11.3. The molecule has 106 valence electrons. The molecule has 1 heterocycles. The molecule has 6 nitrogen and oxygen atoms in total. The third-order valence-corrected chi connectivity index (χ3v) is 2.50. The summed E-state index contributed by atoms with van der Waals surface area (Å²) in [5.41, 5.74) is 1.19. The molecule has 0 aliphatic rings. The molecule has 1 amide bonds. The van der Waals surface area contributed by atoms with Gasteiger partial charge in [0.15, 0.2) is 0 Å². The van der Waals surface area contributed by atoms with Gasteiger partial charge in [0.05, 0.1) is 12.7 Å². The van der Waals surface area contributed by atoms with Crippen LogP contribution in [0.25, 0.3) is 0 Å². The molecule has 0 aromatic carbocycles. The van der Waals surface area contributed by atoms with E-state index in [1.54, 1.807) is 25.4 Å². The SMILES string of the molecule is CCNC(=O)c1cc(NCCC(O)COC)ccn1. The number of aliphatic hydroxyl groups excluding tert-OH is 1. The largest absolute Gasteiger partial charge is 0.391 e. The maximum absolute atomic E-state index is 11.6. The molecule has 0 radical (unpaired) electrons. The fourth-order valence-electron chi connectivity index (χ4n) is 1.57. The van der Waals surface area contributed by atoms with Crippen LogP contribution < -0.4 is 10.6 Å². The quantitative estimate of drug-likeness (QED) is 0.644. The number of amides is 1. The van der Waals surface area contributed by atoms with Gasteiger partial charge in [0.2, 0.25) is 0 Å². The van der Waals surface area contributed by atoms with E-state index < -0.39 is 6.10 Å². The molecular formula is C13H21N3O3. The van der Waals surface area contributed by atoms with E-state index >= 15 is 0 Å². The minimum atomic E-state index is -0.484. The van der Waals surface area contributed by atoms with Gasteiger partial charge in [-0.25, -0.2) is 0 Å². The average Bonchev–Trinajstić information content (AvgIpc) is 2.40. The van der Waals surface area contributed by atoms with Gasteiger partial charge in [-0.3, -0.25) is 9.78 Å². The number of ether oxygens (including phenoxy) is 1. The molecule has 0 fully saturated rings. The smallest absolute Gasteiger partial charge is 0.269 e. The third kappa shape index (κ3) is 5.67. The normalized spacial score (nSPS) is 11.9. The van der Waals surface area contributed by atoms with Gasteiger partial charge in [-0.05, 0) is 25.5 Å². The summed E-state index contributed by atoms with van der Waals surface area (Å²) < 4.78 is 4.84. The molecule has 1 aromatic rings. The molecule has 1 rings (SSSR count). The molecule has 1 aromatic heterocycles. The van der Waals surface area contributed by atoms with Gasteiger partial charge in [0.1, 0.15) is 5.69 Å². The van der Waals surface area contributed by atoms with Crippen LogP contribution in [-0.2, 0) is 4.74 Å². The van der Waals surface area contributed by atoms with E-state index in [1.165, 1.54) is 0 Å². The van der Waals surface area contributed by atoms with Crippen LogP contribution in [0.1, 0.15) is 23.8 Å².